The highest BCUT2D eigenvalue weighted by molar-refractivity contribution is 7.81. The number of benzene rings is 3. The zero-order chi connectivity index (χ0) is 19.4. The lowest BCUT2D eigenvalue weighted by atomic mass is 10.2. The van der Waals surface area contributed by atoms with Crippen LogP contribution < -0.4 is 10.3 Å². The maximum absolute atomic E-state index is 10.1. The lowest BCUT2D eigenvalue weighted by Crippen LogP contribution is -2.06. The molecule has 0 radical (unpaired) electrons. The van der Waals surface area contributed by atoms with Crippen molar-refractivity contribution in [3.05, 3.63) is 114 Å². The van der Waals surface area contributed by atoms with Gasteiger partial charge in [-0.05, 0) is 23.3 Å². The van der Waals surface area contributed by atoms with Crippen molar-refractivity contribution in [2.45, 2.75) is 0 Å². The molecular formula is C22H23NO4S. The Bertz CT molecular complexity index is 908. The monoisotopic (exact) mass is 397 g/mol. The molecule has 0 bridgehead atoms. The third-order valence-corrected chi connectivity index (χ3v) is 3.64. The molecule has 0 amide bonds. The number of hydrogen-bond donors (Lipinski definition) is 2. The second-order valence-corrected chi connectivity index (χ2v) is 6.39. The minimum atomic E-state index is -4.38. The van der Waals surface area contributed by atoms with E-state index in [2.05, 4.69) is 52.8 Å². The Morgan fingerprint density at radius 2 is 1.00 bits per heavy atom. The molecule has 146 valence electrons. The number of para-hydroxylation sites is 1. The predicted octanol–water partition coefficient (Wildman–Crippen LogP) is 5.44. The second kappa shape index (κ2) is 12.2. The lowest BCUT2D eigenvalue weighted by Gasteiger charge is -1.98. The van der Waals surface area contributed by atoms with Crippen LogP contribution in [0.4, 0.5) is 0 Å². The fourth-order valence-corrected chi connectivity index (χ4v) is 2.41. The molecule has 6 heteroatoms. The van der Waals surface area contributed by atoms with Crippen LogP contribution in [0.1, 0.15) is 11.1 Å². The third-order valence-electron chi connectivity index (χ3n) is 3.23. The van der Waals surface area contributed by atoms with Gasteiger partial charge in [0.05, 0.1) is 0 Å². The Kier molecular flexibility index (Phi) is 9.99. The van der Waals surface area contributed by atoms with Crippen molar-refractivity contribution in [2.24, 2.45) is 0 Å². The van der Waals surface area contributed by atoms with Gasteiger partial charge < -0.3 is 10.3 Å². The molecule has 3 rings (SSSR count). The van der Waals surface area contributed by atoms with Gasteiger partial charge >= 0.3 is 10.4 Å². The Morgan fingerprint density at radius 1 is 0.643 bits per heavy atom. The summed E-state index contributed by atoms with van der Waals surface area (Å²) in [7, 11) is -4.38. The SMILES string of the molecule is C(/C=C/c1ccccc1)=C\c1ccccc1.N.O=S(=O)(O)Oc1ccccc1. The second-order valence-electron chi connectivity index (χ2n) is 5.36. The van der Waals surface area contributed by atoms with Crippen LogP contribution in [0.5, 0.6) is 5.75 Å². The van der Waals surface area contributed by atoms with Crippen molar-refractivity contribution in [2.75, 3.05) is 0 Å². The Hall–Kier alpha value is -3.19. The summed E-state index contributed by atoms with van der Waals surface area (Å²) >= 11 is 0. The molecule has 3 aromatic carbocycles. The fourth-order valence-electron chi connectivity index (χ4n) is 2.06. The van der Waals surface area contributed by atoms with Gasteiger partial charge in [0.15, 0.2) is 0 Å². The highest BCUT2D eigenvalue weighted by Gasteiger charge is 2.04. The molecule has 0 atom stereocenters. The van der Waals surface area contributed by atoms with E-state index in [4.69, 9.17) is 4.55 Å². The molecule has 0 saturated heterocycles. The van der Waals surface area contributed by atoms with E-state index in [1.165, 1.54) is 23.3 Å². The van der Waals surface area contributed by atoms with Crippen LogP contribution in [0.2, 0.25) is 0 Å². The van der Waals surface area contributed by atoms with Crippen LogP contribution in [-0.4, -0.2) is 13.0 Å². The average molecular weight is 397 g/mol. The van der Waals surface area contributed by atoms with Crippen molar-refractivity contribution < 1.29 is 17.2 Å². The zero-order valence-electron chi connectivity index (χ0n) is 15.3. The van der Waals surface area contributed by atoms with Crippen LogP contribution in [0, 0.1) is 0 Å². The van der Waals surface area contributed by atoms with Crippen molar-refractivity contribution in [3.63, 3.8) is 0 Å². The molecule has 0 aliphatic rings. The summed E-state index contributed by atoms with van der Waals surface area (Å²) in [5.41, 5.74) is 2.44. The van der Waals surface area contributed by atoms with E-state index in [9.17, 15) is 8.42 Å². The maximum Gasteiger partial charge on any atom is 0.446 e. The zero-order valence-corrected chi connectivity index (χ0v) is 16.1. The first-order valence-electron chi connectivity index (χ1n) is 8.20. The van der Waals surface area contributed by atoms with Gasteiger partial charge in [0.25, 0.3) is 0 Å². The van der Waals surface area contributed by atoms with Gasteiger partial charge in [0, 0.05) is 0 Å². The van der Waals surface area contributed by atoms with Gasteiger partial charge in [-0.15, -0.1) is 0 Å². The van der Waals surface area contributed by atoms with E-state index < -0.39 is 10.4 Å². The molecule has 0 saturated carbocycles. The Morgan fingerprint density at radius 3 is 1.36 bits per heavy atom. The first-order valence-corrected chi connectivity index (χ1v) is 9.56. The Labute approximate surface area is 166 Å². The van der Waals surface area contributed by atoms with Gasteiger partial charge in [-0.25, -0.2) is 0 Å². The van der Waals surface area contributed by atoms with Crippen LogP contribution >= 0.6 is 0 Å². The first-order chi connectivity index (χ1) is 13.0. The molecule has 28 heavy (non-hydrogen) atoms. The highest BCUT2D eigenvalue weighted by atomic mass is 32.3. The van der Waals surface area contributed by atoms with E-state index in [-0.39, 0.29) is 11.9 Å². The summed E-state index contributed by atoms with van der Waals surface area (Å²) in [5, 5.41) is 0. The van der Waals surface area contributed by atoms with Gasteiger partial charge in [-0.2, -0.15) is 8.42 Å². The molecule has 0 aliphatic heterocycles. The van der Waals surface area contributed by atoms with Gasteiger partial charge in [-0.3, -0.25) is 4.55 Å². The summed E-state index contributed by atoms with van der Waals surface area (Å²) in [6.07, 6.45) is 8.31. The summed E-state index contributed by atoms with van der Waals surface area (Å²) in [5.74, 6) is 0.0926. The minimum absolute atomic E-state index is 0. The van der Waals surface area contributed by atoms with Crippen molar-refractivity contribution in [1.82, 2.24) is 6.15 Å². The number of rotatable bonds is 5. The molecule has 0 aliphatic carbocycles. The predicted molar refractivity (Wildman–Crippen MR) is 115 cm³/mol. The fraction of sp³-hybridized carbons (Fsp3) is 0. The van der Waals surface area contributed by atoms with Gasteiger partial charge in [-0.1, -0.05) is 103 Å². The van der Waals surface area contributed by atoms with E-state index in [0.29, 0.717) is 0 Å². The van der Waals surface area contributed by atoms with Crippen LogP contribution in [0.25, 0.3) is 12.2 Å². The topological polar surface area (TPSA) is 98.6 Å². The highest BCUT2D eigenvalue weighted by Crippen LogP contribution is 2.09. The molecular weight excluding hydrogens is 374 g/mol. The normalized spacial score (nSPS) is 10.8. The molecule has 0 spiro atoms. The van der Waals surface area contributed by atoms with Crippen molar-refractivity contribution >= 4 is 22.6 Å². The molecule has 0 heterocycles. The van der Waals surface area contributed by atoms with E-state index in [1.54, 1.807) is 18.2 Å². The number of allylic oxidation sites excluding steroid dienone is 2. The standard InChI is InChI=1S/C16H14.C6H6O4S.H3N/c1-3-9-15(10-4-1)13-7-8-14-16-11-5-2-6-12-16;7-11(8,9)10-6-4-2-1-3-5-6;/h1-14H;1-5H,(H,7,8,9);1H3/b13-7+,14-8+;;. The van der Waals surface area contributed by atoms with Crippen molar-refractivity contribution in [1.29, 1.82) is 0 Å². The summed E-state index contributed by atoms with van der Waals surface area (Å²) in [4.78, 5) is 0. The smallest absolute Gasteiger partial charge is 0.362 e. The minimum Gasteiger partial charge on any atom is -0.362 e. The van der Waals surface area contributed by atoms with Crippen molar-refractivity contribution in [3.8, 4) is 5.75 Å². The summed E-state index contributed by atoms with van der Waals surface area (Å²) < 4.78 is 32.6. The molecule has 5 nitrogen and oxygen atoms in total. The molecule has 0 fully saturated rings. The molecule has 0 aromatic heterocycles. The lowest BCUT2D eigenvalue weighted by molar-refractivity contribution is 0.387. The van der Waals surface area contributed by atoms with E-state index >= 15 is 0 Å². The maximum atomic E-state index is 10.1. The third kappa shape index (κ3) is 10.1. The van der Waals surface area contributed by atoms with Crippen LogP contribution in [-0.2, 0) is 10.4 Å². The molecule has 4 N–H and O–H groups in total. The van der Waals surface area contributed by atoms with Crippen LogP contribution in [0.15, 0.2) is 103 Å². The van der Waals surface area contributed by atoms with Gasteiger partial charge in [0.2, 0.25) is 0 Å². The largest absolute Gasteiger partial charge is 0.446 e. The Balaban J connectivity index is 0.000000289. The quantitative estimate of drug-likeness (QED) is 0.441. The summed E-state index contributed by atoms with van der Waals surface area (Å²) in [6.45, 7) is 0. The number of hydrogen-bond acceptors (Lipinski definition) is 4. The molecule has 3 aromatic rings. The van der Waals surface area contributed by atoms with E-state index in [1.807, 2.05) is 36.4 Å². The van der Waals surface area contributed by atoms with Gasteiger partial charge in [0.1, 0.15) is 5.75 Å². The summed E-state index contributed by atoms with van der Waals surface area (Å²) in [6, 6.07) is 28.3. The van der Waals surface area contributed by atoms with Crippen LogP contribution in [0.3, 0.4) is 0 Å². The average Bonchev–Trinajstić information content (AvgIpc) is 2.67. The molecule has 0 unspecified atom stereocenters. The first kappa shape index (κ1) is 22.9. The van der Waals surface area contributed by atoms with E-state index in [0.717, 1.165) is 0 Å².